The van der Waals surface area contributed by atoms with Gasteiger partial charge in [0, 0.05) is 26.2 Å². The minimum Gasteiger partial charge on any atom is -0.492 e. The number of hydrogen-bond acceptors (Lipinski definition) is 4. The predicted octanol–water partition coefficient (Wildman–Crippen LogP) is 0.791. The summed E-state index contributed by atoms with van der Waals surface area (Å²) in [7, 11) is 0. The molecule has 0 aliphatic carbocycles. The van der Waals surface area contributed by atoms with E-state index in [-0.39, 0.29) is 5.91 Å². The van der Waals surface area contributed by atoms with Gasteiger partial charge < -0.3 is 25.6 Å². The lowest BCUT2D eigenvalue weighted by molar-refractivity contribution is -0.133. The molecule has 7 nitrogen and oxygen atoms in total. The van der Waals surface area contributed by atoms with E-state index >= 15 is 0 Å². The molecule has 23 heavy (non-hydrogen) atoms. The number of rotatable bonds is 5. The van der Waals surface area contributed by atoms with E-state index in [4.69, 9.17) is 10.5 Å². The van der Waals surface area contributed by atoms with Crippen molar-refractivity contribution in [3.8, 4) is 5.75 Å². The highest BCUT2D eigenvalue weighted by atomic mass is 16.5. The Balaban J connectivity index is 1.96. The molecule has 0 bridgehead atoms. The fourth-order valence-corrected chi connectivity index (χ4v) is 2.71. The first-order valence-electron chi connectivity index (χ1n) is 7.84. The smallest absolute Gasteiger partial charge is 0.312 e. The Morgan fingerprint density at radius 1 is 1.26 bits per heavy atom. The molecule has 0 aromatic heterocycles. The summed E-state index contributed by atoms with van der Waals surface area (Å²) in [6.45, 7) is 6.86. The van der Waals surface area contributed by atoms with Crippen molar-refractivity contribution in [2.75, 3.05) is 37.7 Å². The average molecular weight is 320 g/mol. The van der Waals surface area contributed by atoms with Gasteiger partial charge in [-0.3, -0.25) is 4.79 Å². The van der Waals surface area contributed by atoms with E-state index in [1.807, 2.05) is 31.2 Å². The van der Waals surface area contributed by atoms with Crippen LogP contribution in [0.2, 0.25) is 0 Å². The zero-order chi connectivity index (χ0) is 16.8. The van der Waals surface area contributed by atoms with E-state index in [1.165, 1.54) is 0 Å². The summed E-state index contributed by atoms with van der Waals surface area (Å²) in [5, 5.41) is 2.42. The molecule has 3 N–H and O–H groups in total. The molecular formula is C16H24N4O3. The molecule has 0 saturated carbocycles. The van der Waals surface area contributed by atoms with E-state index < -0.39 is 12.1 Å². The summed E-state index contributed by atoms with van der Waals surface area (Å²) in [6, 6.07) is 6.62. The van der Waals surface area contributed by atoms with Crippen LogP contribution in [0.3, 0.4) is 0 Å². The van der Waals surface area contributed by atoms with Gasteiger partial charge in [-0.15, -0.1) is 0 Å². The van der Waals surface area contributed by atoms with Crippen molar-refractivity contribution in [1.29, 1.82) is 0 Å². The summed E-state index contributed by atoms with van der Waals surface area (Å²) in [5.74, 6) is 0.750. The first-order chi connectivity index (χ1) is 11.0. The molecule has 2 rings (SSSR count). The van der Waals surface area contributed by atoms with Gasteiger partial charge in [-0.1, -0.05) is 12.1 Å². The normalized spacial score (nSPS) is 15.9. The number of hydrogen-bond donors (Lipinski definition) is 2. The minimum atomic E-state index is -0.685. The molecule has 0 radical (unpaired) electrons. The first kappa shape index (κ1) is 16.9. The van der Waals surface area contributed by atoms with Gasteiger partial charge in [0.2, 0.25) is 5.91 Å². The standard InChI is InChI=1S/C16H24N4O3/c1-3-23-14-7-5-4-6-13(14)19-8-10-20(11-9-19)15(21)12(2)18-16(17)22/h4-7,12H,3,8-11H2,1-2H3,(H3,17,18,22)/t12-/m1/s1. The van der Waals surface area contributed by atoms with Gasteiger partial charge in [0.25, 0.3) is 0 Å². The second kappa shape index (κ2) is 7.71. The molecule has 1 aliphatic heterocycles. The van der Waals surface area contributed by atoms with Crippen LogP contribution in [0.4, 0.5) is 10.5 Å². The first-order valence-corrected chi connectivity index (χ1v) is 7.84. The zero-order valence-electron chi connectivity index (χ0n) is 13.6. The summed E-state index contributed by atoms with van der Waals surface area (Å²) in [5.41, 5.74) is 6.11. The number of nitrogens with one attached hydrogen (secondary N) is 1. The fourth-order valence-electron chi connectivity index (χ4n) is 2.71. The predicted molar refractivity (Wildman–Crippen MR) is 88.6 cm³/mol. The summed E-state index contributed by atoms with van der Waals surface area (Å²) in [6.07, 6.45) is 0. The van der Waals surface area contributed by atoms with Crippen molar-refractivity contribution in [2.24, 2.45) is 5.73 Å². The van der Waals surface area contributed by atoms with E-state index in [1.54, 1.807) is 11.8 Å². The number of carbonyl (C=O) groups is 2. The topological polar surface area (TPSA) is 87.9 Å². The van der Waals surface area contributed by atoms with Gasteiger partial charge in [0.15, 0.2) is 0 Å². The molecule has 1 saturated heterocycles. The molecule has 1 fully saturated rings. The number of urea groups is 1. The average Bonchev–Trinajstić information content (AvgIpc) is 2.54. The number of nitrogens with two attached hydrogens (primary N) is 1. The number of benzene rings is 1. The van der Waals surface area contributed by atoms with Gasteiger partial charge in [0.1, 0.15) is 11.8 Å². The maximum Gasteiger partial charge on any atom is 0.312 e. The van der Waals surface area contributed by atoms with E-state index in [9.17, 15) is 9.59 Å². The van der Waals surface area contributed by atoms with Crippen molar-refractivity contribution in [2.45, 2.75) is 19.9 Å². The Bertz CT molecular complexity index is 556. The highest BCUT2D eigenvalue weighted by Crippen LogP contribution is 2.28. The van der Waals surface area contributed by atoms with Crippen LogP contribution in [0.1, 0.15) is 13.8 Å². The highest BCUT2D eigenvalue weighted by molar-refractivity contribution is 5.86. The van der Waals surface area contributed by atoms with Crippen molar-refractivity contribution in [3.05, 3.63) is 24.3 Å². The van der Waals surface area contributed by atoms with E-state index in [2.05, 4.69) is 10.2 Å². The van der Waals surface area contributed by atoms with Gasteiger partial charge in [-0.25, -0.2) is 4.79 Å². The maximum absolute atomic E-state index is 12.3. The molecule has 1 heterocycles. The summed E-state index contributed by atoms with van der Waals surface area (Å²) >= 11 is 0. The Kier molecular flexibility index (Phi) is 5.67. The monoisotopic (exact) mass is 320 g/mol. The van der Waals surface area contributed by atoms with Crippen molar-refractivity contribution >= 4 is 17.6 Å². The van der Waals surface area contributed by atoms with Crippen LogP contribution in [-0.2, 0) is 4.79 Å². The van der Waals surface area contributed by atoms with Crippen LogP contribution in [0.5, 0.6) is 5.75 Å². The third kappa shape index (κ3) is 4.28. The molecule has 7 heteroatoms. The van der Waals surface area contributed by atoms with E-state index in [0.29, 0.717) is 19.7 Å². The van der Waals surface area contributed by atoms with E-state index in [0.717, 1.165) is 24.5 Å². The second-order valence-corrected chi connectivity index (χ2v) is 5.44. The summed E-state index contributed by atoms with van der Waals surface area (Å²) < 4.78 is 5.66. The van der Waals surface area contributed by atoms with Crippen molar-refractivity contribution in [3.63, 3.8) is 0 Å². The molecule has 1 aliphatic rings. The molecule has 1 atom stereocenters. The number of ether oxygens (including phenoxy) is 1. The van der Waals surface area contributed by atoms with Crippen LogP contribution >= 0.6 is 0 Å². The number of piperazine rings is 1. The zero-order valence-corrected chi connectivity index (χ0v) is 13.6. The number of nitrogens with zero attached hydrogens (tertiary/aromatic N) is 2. The van der Waals surface area contributed by atoms with Gasteiger partial charge in [-0.05, 0) is 26.0 Å². The summed E-state index contributed by atoms with van der Waals surface area (Å²) in [4.78, 5) is 27.1. The number of amides is 3. The Morgan fingerprint density at radius 2 is 1.91 bits per heavy atom. The van der Waals surface area contributed by atoms with Crippen LogP contribution in [0.15, 0.2) is 24.3 Å². The molecule has 126 valence electrons. The molecule has 0 unspecified atom stereocenters. The Hall–Kier alpha value is -2.44. The quantitative estimate of drug-likeness (QED) is 0.839. The molecule has 1 aromatic rings. The Labute approximate surface area is 136 Å². The molecule has 1 aromatic carbocycles. The van der Waals surface area contributed by atoms with Crippen molar-refractivity contribution < 1.29 is 14.3 Å². The lowest BCUT2D eigenvalue weighted by atomic mass is 10.2. The highest BCUT2D eigenvalue weighted by Gasteiger charge is 2.26. The number of primary amides is 1. The maximum atomic E-state index is 12.3. The second-order valence-electron chi connectivity index (χ2n) is 5.44. The van der Waals surface area contributed by atoms with Crippen LogP contribution in [0.25, 0.3) is 0 Å². The molecule has 0 spiro atoms. The number of anilines is 1. The van der Waals surface area contributed by atoms with Crippen LogP contribution < -0.4 is 20.7 Å². The molecular weight excluding hydrogens is 296 g/mol. The fraction of sp³-hybridized carbons (Fsp3) is 0.500. The van der Waals surface area contributed by atoms with Gasteiger partial charge in [-0.2, -0.15) is 0 Å². The molecule has 3 amide bonds. The van der Waals surface area contributed by atoms with Gasteiger partial charge >= 0.3 is 6.03 Å². The third-order valence-corrected chi connectivity index (χ3v) is 3.83. The SMILES string of the molecule is CCOc1ccccc1N1CCN(C(=O)[C@@H](C)NC(N)=O)CC1. The third-order valence-electron chi connectivity index (χ3n) is 3.83. The minimum absolute atomic E-state index is 0.110. The largest absolute Gasteiger partial charge is 0.492 e. The van der Waals surface area contributed by atoms with Crippen LogP contribution in [-0.4, -0.2) is 55.7 Å². The lowest BCUT2D eigenvalue weighted by Gasteiger charge is -2.37. The van der Waals surface area contributed by atoms with Gasteiger partial charge in [0.05, 0.1) is 12.3 Å². The van der Waals surface area contributed by atoms with Crippen molar-refractivity contribution in [1.82, 2.24) is 10.2 Å². The lowest BCUT2D eigenvalue weighted by Crippen LogP contribution is -2.54. The number of carbonyl (C=O) groups excluding carboxylic acids is 2. The Morgan fingerprint density at radius 3 is 2.52 bits per heavy atom. The number of para-hydroxylation sites is 2. The van der Waals surface area contributed by atoms with Crippen LogP contribution in [0, 0.1) is 0 Å².